The van der Waals surface area contributed by atoms with Gasteiger partial charge in [-0.05, 0) is 44.0 Å². The highest BCUT2D eigenvalue weighted by atomic mass is 16.7. The molecular weight excluding hydrogens is 492 g/mol. The number of aliphatic hydroxyl groups is 1. The van der Waals surface area contributed by atoms with E-state index in [2.05, 4.69) is 10.1 Å². The molecule has 1 fully saturated rings. The molecule has 2 N–H and O–H groups in total. The van der Waals surface area contributed by atoms with Crippen LogP contribution >= 0.6 is 0 Å². The summed E-state index contributed by atoms with van der Waals surface area (Å²) in [5, 5.41) is 12.1. The molecule has 0 bridgehead atoms. The van der Waals surface area contributed by atoms with Crippen molar-refractivity contribution in [1.82, 2.24) is 10.2 Å². The summed E-state index contributed by atoms with van der Waals surface area (Å²) in [5.74, 6) is -1.81. The Morgan fingerprint density at radius 2 is 1.70 bits per heavy atom. The third-order valence-electron chi connectivity index (χ3n) is 5.23. The van der Waals surface area contributed by atoms with Crippen molar-refractivity contribution in [2.45, 2.75) is 38.8 Å². The van der Waals surface area contributed by atoms with Crippen LogP contribution in [0.25, 0.3) is 0 Å². The Kier molecular flexibility index (Phi) is 12.3. The highest BCUT2D eigenvalue weighted by Crippen LogP contribution is 2.16. The van der Waals surface area contributed by atoms with Gasteiger partial charge in [0.15, 0.2) is 12.4 Å². The van der Waals surface area contributed by atoms with Gasteiger partial charge in [-0.1, -0.05) is 0 Å². The Labute approximate surface area is 213 Å². The summed E-state index contributed by atoms with van der Waals surface area (Å²) in [6.45, 7) is 2.14. The maximum Gasteiger partial charge on any atom is 0.412 e. The molecule has 1 aromatic carbocycles. The smallest absolute Gasteiger partial charge is 0.412 e. The lowest BCUT2D eigenvalue weighted by Crippen LogP contribution is -2.46. The van der Waals surface area contributed by atoms with Crippen molar-refractivity contribution >= 4 is 29.7 Å². The van der Waals surface area contributed by atoms with E-state index in [0.29, 0.717) is 31.7 Å². The molecule has 0 aromatic heterocycles. The first-order chi connectivity index (χ1) is 17.7. The molecule has 2 amide bonds. The van der Waals surface area contributed by atoms with E-state index in [4.69, 9.17) is 18.9 Å². The maximum atomic E-state index is 12.7. The van der Waals surface area contributed by atoms with E-state index in [1.165, 1.54) is 36.1 Å². The van der Waals surface area contributed by atoms with Crippen molar-refractivity contribution in [1.29, 1.82) is 0 Å². The number of ether oxygens (including phenoxy) is 5. The monoisotopic (exact) mass is 524 g/mol. The highest BCUT2D eigenvalue weighted by Gasteiger charge is 2.26. The average Bonchev–Trinajstić information content (AvgIpc) is 2.89. The van der Waals surface area contributed by atoms with Crippen LogP contribution in [-0.4, -0.2) is 98.2 Å². The largest absolute Gasteiger partial charge is 0.482 e. The van der Waals surface area contributed by atoms with Gasteiger partial charge in [0, 0.05) is 25.6 Å². The van der Waals surface area contributed by atoms with Gasteiger partial charge in [0.05, 0.1) is 19.3 Å². The molecule has 2 rings (SSSR count). The Balaban J connectivity index is 1.73. The molecule has 1 aliphatic rings. The number of aliphatic hydroxyl groups excluding tert-OH is 1. The van der Waals surface area contributed by atoms with Crippen molar-refractivity contribution in [3.8, 4) is 5.75 Å². The lowest BCUT2D eigenvalue weighted by Gasteiger charge is -2.31. The summed E-state index contributed by atoms with van der Waals surface area (Å²) < 4.78 is 25.0. The topological polar surface area (TPSA) is 167 Å². The minimum Gasteiger partial charge on any atom is -0.482 e. The van der Waals surface area contributed by atoms with Crippen LogP contribution in [0.2, 0.25) is 0 Å². The van der Waals surface area contributed by atoms with E-state index in [1.807, 2.05) is 0 Å². The molecule has 0 unspecified atom stereocenters. The number of esters is 2. The third-order valence-corrected chi connectivity index (χ3v) is 5.23. The van der Waals surface area contributed by atoms with Crippen LogP contribution < -0.4 is 10.1 Å². The van der Waals surface area contributed by atoms with Crippen molar-refractivity contribution in [3.05, 3.63) is 29.8 Å². The SMILES string of the molecule is CCOC(=O)COc1ccc(C(=O)[C@H](CO)NC(=O)COC2CCN(C(=O)OCOC(C)=O)CC2)cc1. The van der Waals surface area contributed by atoms with Crippen molar-refractivity contribution in [3.63, 3.8) is 0 Å². The molecule has 0 radical (unpaired) electrons. The molecule has 13 nitrogen and oxygen atoms in total. The van der Waals surface area contributed by atoms with Gasteiger partial charge in [0.1, 0.15) is 18.4 Å². The predicted octanol–water partition coefficient (Wildman–Crippen LogP) is 0.427. The number of Topliss-reactive ketones (excluding diaryl/α,β-unsaturated/α-hetero) is 1. The van der Waals surface area contributed by atoms with Gasteiger partial charge in [-0.15, -0.1) is 0 Å². The van der Waals surface area contributed by atoms with Gasteiger partial charge in [0.2, 0.25) is 12.7 Å². The molecule has 37 heavy (non-hydrogen) atoms. The Morgan fingerprint density at radius 3 is 2.30 bits per heavy atom. The zero-order valence-corrected chi connectivity index (χ0v) is 20.8. The highest BCUT2D eigenvalue weighted by molar-refractivity contribution is 6.02. The molecule has 0 saturated carbocycles. The van der Waals surface area contributed by atoms with Gasteiger partial charge in [-0.3, -0.25) is 14.4 Å². The minimum absolute atomic E-state index is 0.233. The number of carbonyl (C=O) groups is 5. The maximum absolute atomic E-state index is 12.7. The number of nitrogens with zero attached hydrogens (tertiary/aromatic N) is 1. The number of nitrogens with one attached hydrogen (secondary N) is 1. The number of hydrogen-bond acceptors (Lipinski definition) is 11. The number of amides is 2. The van der Waals surface area contributed by atoms with Crippen LogP contribution in [0.4, 0.5) is 4.79 Å². The van der Waals surface area contributed by atoms with E-state index in [-0.39, 0.29) is 31.5 Å². The first-order valence-electron chi connectivity index (χ1n) is 11.7. The standard InChI is InChI=1S/C24H32N2O11/c1-3-33-22(30)14-35-18-6-4-17(5-7-18)23(31)20(12-27)25-21(29)13-34-19-8-10-26(11-9-19)24(32)37-15-36-16(2)28/h4-7,19-20,27H,3,8-15H2,1-2H3,(H,25,29)/t20-/m0/s1. The third kappa shape index (κ3) is 10.4. The van der Waals surface area contributed by atoms with E-state index < -0.39 is 49.2 Å². The van der Waals surface area contributed by atoms with Crippen LogP contribution in [-0.2, 0) is 33.3 Å². The van der Waals surface area contributed by atoms with Crippen LogP contribution in [0.5, 0.6) is 5.75 Å². The molecular formula is C24H32N2O11. The number of likely N-dealkylation sites (tertiary alicyclic amines) is 1. The van der Waals surface area contributed by atoms with Gasteiger partial charge in [-0.2, -0.15) is 0 Å². The molecule has 1 atom stereocenters. The van der Waals surface area contributed by atoms with Crippen LogP contribution in [0.3, 0.4) is 0 Å². The number of rotatable bonds is 13. The molecule has 0 aliphatic carbocycles. The van der Waals surface area contributed by atoms with Gasteiger partial charge < -0.3 is 39.0 Å². The first-order valence-corrected chi connectivity index (χ1v) is 11.7. The van der Waals surface area contributed by atoms with E-state index in [9.17, 15) is 29.1 Å². The molecule has 0 spiro atoms. The average molecular weight is 525 g/mol. The molecule has 1 heterocycles. The van der Waals surface area contributed by atoms with Crippen molar-refractivity contribution in [2.24, 2.45) is 0 Å². The number of piperidine rings is 1. The number of benzene rings is 1. The summed E-state index contributed by atoms with van der Waals surface area (Å²) in [6, 6.07) is 4.73. The lowest BCUT2D eigenvalue weighted by molar-refractivity contribution is -0.150. The molecule has 204 valence electrons. The van der Waals surface area contributed by atoms with E-state index in [0.717, 1.165) is 0 Å². The normalized spacial score (nSPS) is 14.3. The quantitative estimate of drug-likeness (QED) is 0.209. The van der Waals surface area contributed by atoms with Crippen LogP contribution in [0, 0.1) is 0 Å². The van der Waals surface area contributed by atoms with Crippen LogP contribution in [0.1, 0.15) is 37.0 Å². The molecule has 1 aliphatic heterocycles. The zero-order chi connectivity index (χ0) is 27.2. The first kappa shape index (κ1) is 29.5. The zero-order valence-electron chi connectivity index (χ0n) is 20.8. The van der Waals surface area contributed by atoms with Crippen LogP contribution in [0.15, 0.2) is 24.3 Å². The van der Waals surface area contributed by atoms with Crippen molar-refractivity contribution in [2.75, 3.05) is 46.3 Å². The summed E-state index contributed by atoms with van der Waals surface area (Å²) >= 11 is 0. The predicted molar refractivity (Wildman–Crippen MR) is 126 cm³/mol. The van der Waals surface area contributed by atoms with E-state index >= 15 is 0 Å². The second-order valence-electron chi connectivity index (χ2n) is 7.95. The fourth-order valence-electron chi connectivity index (χ4n) is 3.34. The van der Waals surface area contributed by atoms with Gasteiger partial charge in [0.25, 0.3) is 0 Å². The molecule has 1 aromatic rings. The Bertz CT molecular complexity index is 927. The lowest BCUT2D eigenvalue weighted by atomic mass is 10.0. The summed E-state index contributed by atoms with van der Waals surface area (Å²) in [6.07, 6.45) is 0.0280. The summed E-state index contributed by atoms with van der Waals surface area (Å²) in [4.78, 5) is 60.4. The van der Waals surface area contributed by atoms with E-state index in [1.54, 1.807) is 6.92 Å². The number of hydrogen-bond donors (Lipinski definition) is 2. The Hall–Kier alpha value is -3.71. The number of carbonyl (C=O) groups excluding carboxylic acids is 5. The Morgan fingerprint density at radius 1 is 1.03 bits per heavy atom. The fourth-order valence-corrected chi connectivity index (χ4v) is 3.34. The minimum atomic E-state index is -1.17. The summed E-state index contributed by atoms with van der Waals surface area (Å²) in [5.41, 5.74) is 0.233. The number of ketones is 1. The second-order valence-corrected chi connectivity index (χ2v) is 7.95. The fraction of sp³-hybridized carbons (Fsp3) is 0.542. The molecule has 1 saturated heterocycles. The van der Waals surface area contributed by atoms with Crippen molar-refractivity contribution < 1.29 is 52.8 Å². The molecule has 13 heteroatoms. The summed E-state index contributed by atoms with van der Waals surface area (Å²) in [7, 11) is 0. The van der Waals surface area contributed by atoms with Gasteiger partial charge in [-0.25, -0.2) is 9.59 Å². The second kappa shape index (κ2) is 15.4. The van der Waals surface area contributed by atoms with Gasteiger partial charge >= 0.3 is 18.0 Å².